The summed E-state index contributed by atoms with van der Waals surface area (Å²) >= 11 is 3.31. The molecule has 0 unspecified atom stereocenters. The molecule has 0 aliphatic heterocycles. The minimum Gasteiger partial charge on any atom is -0.462 e. The number of carbonyl (C=O) groups is 1. The molecule has 1 aromatic rings. The number of hydrogen-bond donors (Lipinski definition) is 0. The molecule has 3 nitrogen and oxygen atoms in total. The minimum absolute atomic E-state index is 0.311. The first-order chi connectivity index (χ1) is 8.19. The number of halogens is 1. The van der Waals surface area contributed by atoms with E-state index in [-0.39, 0.29) is 0 Å². The fraction of sp³-hybridized carbons (Fsp3) is 0.385. The SMILES string of the molecule is CCOC(=O)c1c(CC)ccc(CBr)c1C#N. The summed E-state index contributed by atoms with van der Waals surface area (Å²) in [5.41, 5.74) is 2.49. The van der Waals surface area contributed by atoms with E-state index in [1.165, 1.54) is 0 Å². The van der Waals surface area contributed by atoms with Crippen molar-refractivity contribution < 1.29 is 9.53 Å². The summed E-state index contributed by atoms with van der Waals surface area (Å²) in [6.07, 6.45) is 0.700. The fourth-order valence-corrected chi connectivity index (χ4v) is 2.13. The van der Waals surface area contributed by atoms with Gasteiger partial charge in [0.05, 0.1) is 17.7 Å². The molecule has 0 amide bonds. The molecule has 90 valence electrons. The Morgan fingerprint density at radius 2 is 2.06 bits per heavy atom. The van der Waals surface area contributed by atoms with Gasteiger partial charge in [-0.15, -0.1) is 0 Å². The van der Waals surface area contributed by atoms with Gasteiger partial charge in [0.25, 0.3) is 0 Å². The number of alkyl halides is 1. The largest absolute Gasteiger partial charge is 0.462 e. The quantitative estimate of drug-likeness (QED) is 0.633. The van der Waals surface area contributed by atoms with Crippen LogP contribution in [0.25, 0.3) is 0 Å². The van der Waals surface area contributed by atoms with Crippen molar-refractivity contribution in [1.82, 2.24) is 0 Å². The van der Waals surface area contributed by atoms with Gasteiger partial charge in [-0.2, -0.15) is 5.26 Å². The number of rotatable bonds is 4. The third-order valence-corrected chi connectivity index (χ3v) is 3.10. The Balaban J connectivity index is 3.41. The highest BCUT2D eigenvalue weighted by atomic mass is 79.9. The first-order valence-corrected chi connectivity index (χ1v) is 6.59. The van der Waals surface area contributed by atoms with Gasteiger partial charge in [-0.05, 0) is 24.5 Å². The smallest absolute Gasteiger partial charge is 0.339 e. The lowest BCUT2D eigenvalue weighted by Crippen LogP contribution is -2.11. The molecule has 0 aliphatic carbocycles. The first kappa shape index (κ1) is 13.7. The minimum atomic E-state index is -0.413. The number of benzene rings is 1. The Hall–Kier alpha value is -1.34. The van der Waals surface area contributed by atoms with Crippen LogP contribution >= 0.6 is 15.9 Å². The van der Waals surface area contributed by atoms with Gasteiger partial charge in [0.1, 0.15) is 6.07 Å². The average Bonchev–Trinajstić information content (AvgIpc) is 2.36. The van der Waals surface area contributed by atoms with Gasteiger partial charge in [-0.3, -0.25) is 0 Å². The van der Waals surface area contributed by atoms with E-state index in [2.05, 4.69) is 22.0 Å². The van der Waals surface area contributed by atoms with Gasteiger partial charge in [0.15, 0.2) is 0 Å². The first-order valence-electron chi connectivity index (χ1n) is 5.47. The summed E-state index contributed by atoms with van der Waals surface area (Å²) < 4.78 is 5.01. The van der Waals surface area contributed by atoms with Crippen LogP contribution in [0.4, 0.5) is 0 Å². The molecule has 0 radical (unpaired) electrons. The van der Waals surface area contributed by atoms with E-state index >= 15 is 0 Å². The molecule has 1 aromatic carbocycles. The molecule has 0 spiro atoms. The molecule has 0 saturated heterocycles. The topological polar surface area (TPSA) is 50.1 Å². The lowest BCUT2D eigenvalue weighted by atomic mass is 9.96. The number of ether oxygens (including phenoxy) is 1. The second-order valence-corrected chi connectivity index (χ2v) is 4.01. The van der Waals surface area contributed by atoms with E-state index in [1.807, 2.05) is 19.1 Å². The van der Waals surface area contributed by atoms with Crippen molar-refractivity contribution in [3.63, 3.8) is 0 Å². The predicted molar refractivity (Wildman–Crippen MR) is 69.1 cm³/mol. The number of nitrogens with zero attached hydrogens (tertiary/aromatic N) is 1. The maximum Gasteiger partial charge on any atom is 0.339 e. The van der Waals surface area contributed by atoms with Crippen LogP contribution in [-0.2, 0) is 16.5 Å². The highest BCUT2D eigenvalue weighted by Crippen LogP contribution is 2.22. The van der Waals surface area contributed by atoms with Crippen molar-refractivity contribution in [2.45, 2.75) is 25.6 Å². The average molecular weight is 296 g/mol. The zero-order valence-electron chi connectivity index (χ0n) is 9.92. The number of nitriles is 1. The maximum atomic E-state index is 11.9. The molecule has 0 fully saturated rings. The van der Waals surface area contributed by atoms with Crippen molar-refractivity contribution in [1.29, 1.82) is 5.26 Å². The second kappa shape index (κ2) is 6.41. The van der Waals surface area contributed by atoms with E-state index in [9.17, 15) is 10.1 Å². The van der Waals surface area contributed by atoms with Crippen LogP contribution in [0.15, 0.2) is 12.1 Å². The van der Waals surface area contributed by atoms with E-state index < -0.39 is 5.97 Å². The van der Waals surface area contributed by atoms with Gasteiger partial charge in [0.2, 0.25) is 0 Å². The van der Waals surface area contributed by atoms with E-state index in [4.69, 9.17) is 4.74 Å². The van der Waals surface area contributed by atoms with Crippen molar-refractivity contribution in [2.75, 3.05) is 6.61 Å². The monoisotopic (exact) mass is 295 g/mol. The van der Waals surface area contributed by atoms with Crippen molar-refractivity contribution in [3.8, 4) is 6.07 Å². The van der Waals surface area contributed by atoms with E-state index in [0.717, 1.165) is 11.1 Å². The molecule has 0 bridgehead atoms. The van der Waals surface area contributed by atoms with Crippen molar-refractivity contribution >= 4 is 21.9 Å². The molecule has 0 N–H and O–H groups in total. The molecule has 4 heteroatoms. The molecule has 17 heavy (non-hydrogen) atoms. The Morgan fingerprint density at radius 1 is 1.41 bits per heavy atom. The zero-order chi connectivity index (χ0) is 12.8. The lowest BCUT2D eigenvalue weighted by Gasteiger charge is -2.11. The van der Waals surface area contributed by atoms with Crippen molar-refractivity contribution in [3.05, 3.63) is 34.4 Å². The molecule has 1 rings (SSSR count). The highest BCUT2D eigenvalue weighted by molar-refractivity contribution is 9.08. The van der Waals surface area contributed by atoms with Crippen LogP contribution in [0, 0.1) is 11.3 Å². The van der Waals surface area contributed by atoms with Gasteiger partial charge in [-0.1, -0.05) is 35.0 Å². The Labute approximate surface area is 110 Å². The standard InChI is InChI=1S/C13H14BrNO2/c1-3-9-5-6-10(7-14)11(8-15)12(9)13(16)17-4-2/h5-6H,3-4,7H2,1-2H3. The number of hydrogen-bond acceptors (Lipinski definition) is 3. The van der Waals surface area contributed by atoms with Gasteiger partial charge >= 0.3 is 5.97 Å². The van der Waals surface area contributed by atoms with Gasteiger partial charge in [-0.25, -0.2) is 4.79 Å². The van der Waals surface area contributed by atoms with Gasteiger partial charge in [0, 0.05) is 5.33 Å². The number of esters is 1. The summed E-state index contributed by atoms with van der Waals surface area (Å²) in [6.45, 7) is 4.02. The molecular formula is C13H14BrNO2. The number of carbonyl (C=O) groups excluding carboxylic acids is 1. The van der Waals surface area contributed by atoms with Crippen LogP contribution in [0.2, 0.25) is 0 Å². The summed E-state index contributed by atoms with van der Waals surface area (Å²) in [4.78, 5) is 11.9. The maximum absolute atomic E-state index is 11.9. The third kappa shape index (κ3) is 2.86. The molecular weight excluding hydrogens is 282 g/mol. The van der Waals surface area contributed by atoms with E-state index in [0.29, 0.717) is 29.5 Å². The lowest BCUT2D eigenvalue weighted by molar-refractivity contribution is 0.0524. The summed E-state index contributed by atoms with van der Waals surface area (Å²) in [5.74, 6) is -0.413. The van der Waals surface area contributed by atoms with Gasteiger partial charge < -0.3 is 4.74 Å². The van der Waals surface area contributed by atoms with Crippen molar-refractivity contribution in [2.24, 2.45) is 0 Å². The molecule has 0 saturated carbocycles. The summed E-state index contributed by atoms with van der Waals surface area (Å²) in [5, 5.41) is 9.74. The Kier molecular flexibility index (Phi) is 5.17. The Morgan fingerprint density at radius 3 is 2.53 bits per heavy atom. The van der Waals surface area contributed by atoms with Crippen LogP contribution in [-0.4, -0.2) is 12.6 Å². The summed E-state index contributed by atoms with van der Waals surface area (Å²) in [6, 6.07) is 5.85. The second-order valence-electron chi connectivity index (χ2n) is 3.45. The van der Waals surface area contributed by atoms with Crippen LogP contribution in [0.1, 0.15) is 40.9 Å². The predicted octanol–water partition coefficient (Wildman–Crippen LogP) is 3.19. The normalized spacial score (nSPS) is 9.76. The summed E-state index contributed by atoms with van der Waals surface area (Å²) in [7, 11) is 0. The zero-order valence-corrected chi connectivity index (χ0v) is 11.5. The highest BCUT2D eigenvalue weighted by Gasteiger charge is 2.19. The number of aryl methyl sites for hydroxylation is 1. The van der Waals surface area contributed by atoms with Crippen LogP contribution in [0.3, 0.4) is 0 Å². The molecule has 0 atom stereocenters. The molecule has 0 aromatic heterocycles. The Bertz CT molecular complexity index is 463. The molecule has 0 aliphatic rings. The molecule has 0 heterocycles. The third-order valence-electron chi connectivity index (χ3n) is 2.49. The van der Waals surface area contributed by atoms with E-state index in [1.54, 1.807) is 6.92 Å². The fourth-order valence-electron chi connectivity index (χ4n) is 1.66. The van der Waals surface area contributed by atoms with Crippen LogP contribution < -0.4 is 0 Å². The van der Waals surface area contributed by atoms with Crippen LogP contribution in [0.5, 0.6) is 0 Å².